The van der Waals surface area contributed by atoms with E-state index in [2.05, 4.69) is 0 Å². The van der Waals surface area contributed by atoms with Crippen molar-refractivity contribution in [3.05, 3.63) is 17.2 Å². The molecule has 0 saturated heterocycles. The number of carbonyl (C=O) groups excluding carboxylic acids is 1. The Balaban J connectivity index is 2.33. The minimum atomic E-state index is -4.98. The van der Waals surface area contributed by atoms with Gasteiger partial charge in [0, 0.05) is 11.1 Å². The molecular formula is C10H7ClF3NO3. The van der Waals surface area contributed by atoms with E-state index in [0.29, 0.717) is 0 Å². The first-order chi connectivity index (χ1) is 8.38. The zero-order valence-corrected chi connectivity index (χ0v) is 9.56. The van der Waals surface area contributed by atoms with Crippen LogP contribution in [-0.2, 0) is 4.79 Å². The maximum Gasteiger partial charge on any atom is 0.471 e. The Hall–Kier alpha value is -1.63. The molecule has 0 atom stereocenters. The first kappa shape index (κ1) is 12.8. The quantitative estimate of drug-likeness (QED) is 0.861. The van der Waals surface area contributed by atoms with Gasteiger partial charge in [0.25, 0.3) is 0 Å². The molecule has 1 aliphatic rings. The van der Waals surface area contributed by atoms with Crippen molar-refractivity contribution in [2.24, 2.45) is 0 Å². The van der Waals surface area contributed by atoms with Crippen LogP contribution in [-0.4, -0.2) is 25.3 Å². The van der Waals surface area contributed by atoms with Gasteiger partial charge in [-0.05, 0) is 6.07 Å². The van der Waals surface area contributed by atoms with E-state index in [4.69, 9.17) is 21.1 Å². The highest BCUT2D eigenvalue weighted by Gasteiger charge is 2.39. The lowest BCUT2D eigenvalue weighted by atomic mass is 10.2. The highest BCUT2D eigenvalue weighted by molar-refractivity contribution is 6.31. The van der Waals surface area contributed by atoms with Gasteiger partial charge in [0.2, 0.25) is 0 Å². The van der Waals surface area contributed by atoms with Crippen LogP contribution in [0.5, 0.6) is 11.5 Å². The number of nitrogens with one attached hydrogen (secondary N) is 1. The van der Waals surface area contributed by atoms with Gasteiger partial charge in [0.05, 0.1) is 5.69 Å². The molecule has 98 valence electrons. The summed E-state index contributed by atoms with van der Waals surface area (Å²) in [7, 11) is 0. The lowest BCUT2D eigenvalue weighted by molar-refractivity contribution is -0.167. The molecule has 2 rings (SSSR count). The lowest BCUT2D eigenvalue weighted by Gasteiger charge is -2.21. The molecule has 1 heterocycles. The van der Waals surface area contributed by atoms with E-state index in [1.807, 2.05) is 0 Å². The van der Waals surface area contributed by atoms with Gasteiger partial charge in [-0.25, -0.2) is 0 Å². The summed E-state index contributed by atoms with van der Waals surface area (Å²) in [5, 5.41) is 1.83. The number of halogens is 4. The third-order valence-corrected chi connectivity index (χ3v) is 2.33. The first-order valence-corrected chi connectivity index (χ1v) is 5.23. The van der Waals surface area contributed by atoms with Crippen molar-refractivity contribution in [1.82, 2.24) is 0 Å². The number of alkyl halides is 3. The number of ether oxygens (including phenoxy) is 2. The summed E-state index contributed by atoms with van der Waals surface area (Å²) in [6.07, 6.45) is -4.98. The molecule has 8 heteroatoms. The second kappa shape index (κ2) is 4.56. The van der Waals surface area contributed by atoms with E-state index in [1.165, 1.54) is 12.1 Å². The number of hydrogen-bond donors (Lipinski definition) is 1. The molecule has 1 aliphatic heterocycles. The van der Waals surface area contributed by atoms with Crippen molar-refractivity contribution in [3.8, 4) is 11.5 Å². The molecule has 0 saturated carbocycles. The predicted molar refractivity (Wildman–Crippen MR) is 57.1 cm³/mol. The fourth-order valence-electron chi connectivity index (χ4n) is 1.41. The maximum absolute atomic E-state index is 12.2. The Morgan fingerprint density at radius 3 is 2.61 bits per heavy atom. The number of benzene rings is 1. The molecule has 0 spiro atoms. The Bertz CT molecular complexity index is 490. The summed E-state index contributed by atoms with van der Waals surface area (Å²) in [5.41, 5.74) is -0.167. The number of rotatable bonds is 1. The van der Waals surface area contributed by atoms with E-state index < -0.39 is 12.1 Å². The van der Waals surface area contributed by atoms with Crippen LogP contribution in [0.15, 0.2) is 12.1 Å². The molecule has 1 aromatic rings. The summed E-state index contributed by atoms with van der Waals surface area (Å²) >= 11 is 5.71. The summed E-state index contributed by atoms with van der Waals surface area (Å²) in [4.78, 5) is 10.9. The minimum Gasteiger partial charge on any atom is -0.486 e. The molecule has 0 unspecified atom stereocenters. The van der Waals surface area contributed by atoms with Crippen LogP contribution in [0.2, 0.25) is 5.02 Å². The van der Waals surface area contributed by atoms with Crippen LogP contribution in [0.4, 0.5) is 18.9 Å². The van der Waals surface area contributed by atoms with Gasteiger partial charge in [-0.2, -0.15) is 13.2 Å². The first-order valence-electron chi connectivity index (χ1n) is 4.85. The van der Waals surface area contributed by atoms with Gasteiger partial charge in [-0.15, -0.1) is 0 Å². The highest BCUT2D eigenvalue weighted by Crippen LogP contribution is 2.40. The molecule has 1 aromatic carbocycles. The van der Waals surface area contributed by atoms with Crippen LogP contribution < -0.4 is 14.8 Å². The van der Waals surface area contributed by atoms with Crippen LogP contribution in [0.1, 0.15) is 0 Å². The summed E-state index contributed by atoms with van der Waals surface area (Å²) in [6, 6.07) is 2.57. The zero-order chi connectivity index (χ0) is 13.3. The smallest absolute Gasteiger partial charge is 0.471 e. The van der Waals surface area contributed by atoms with Gasteiger partial charge in [0.15, 0.2) is 11.5 Å². The molecule has 0 bridgehead atoms. The van der Waals surface area contributed by atoms with Gasteiger partial charge < -0.3 is 14.8 Å². The van der Waals surface area contributed by atoms with Gasteiger partial charge in [0.1, 0.15) is 13.2 Å². The fraction of sp³-hybridized carbons (Fsp3) is 0.300. The third-order valence-electron chi connectivity index (χ3n) is 2.11. The van der Waals surface area contributed by atoms with Gasteiger partial charge >= 0.3 is 12.1 Å². The normalized spacial score (nSPS) is 14.2. The highest BCUT2D eigenvalue weighted by atomic mass is 35.5. The Kier molecular flexibility index (Phi) is 3.25. The molecular weight excluding hydrogens is 275 g/mol. The molecule has 0 radical (unpaired) electrons. The SMILES string of the molecule is O=C(Nc1cc(Cl)cc2c1OCCO2)C(F)(F)F. The molecule has 0 fully saturated rings. The Morgan fingerprint density at radius 1 is 1.28 bits per heavy atom. The Labute approximate surface area is 105 Å². The van der Waals surface area contributed by atoms with Crippen molar-refractivity contribution >= 4 is 23.2 Å². The number of anilines is 1. The largest absolute Gasteiger partial charge is 0.486 e. The number of carbonyl (C=O) groups is 1. The second-order valence-electron chi connectivity index (χ2n) is 3.43. The monoisotopic (exact) mass is 281 g/mol. The van der Waals surface area contributed by atoms with Crippen molar-refractivity contribution in [3.63, 3.8) is 0 Å². The predicted octanol–water partition coefficient (Wildman–Crippen LogP) is 2.61. The van der Waals surface area contributed by atoms with Crippen molar-refractivity contribution < 1.29 is 27.4 Å². The minimum absolute atomic E-state index is 0.0447. The Morgan fingerprint density at radius 2 is 1.94 bits per heavy atom. The van der Waals surface area contributed by atoms with E-state index in [0.717, 1.165) is 0 Å². The van der Waals surface area contributed by atoms with E-state index in [9.17, 15) is 18.0 Å². The second-order valence-corrected chi connectivity index (χ2v) is 3.87. The maximum atomic E-state index is 12.2. The van der Waals surface area contributed by atoms with E-state index in [-0.39, 0.29) is 35.4 Å². The number of hydrogen-bond acceptors (Lipinski definition) is 3. The molecule has 1 amide bonds. The van der Waals surface area contributed by atoms with Crippen LogP contribution in [0, 0.1) is 0 Å². The molecule has 0 aliphatic carbocycles. The molecule has 18 heavy (non-hydrogen) atoms. The fourth-order valence-corrected chi connectivity index (χ4v) is 1.61. The summed E-state index contributed by atoms with van der Waals surface area (Å²) in [5.74, 6) is -1.85. The van der Waals surface area contributed by atoms with Crippen LogP contribution >= 0.6 is 11.6 Å². The van der Waals surface area contributed by atoms with Crippen LogP contribution in [0.3, 0.4) is 0 Å². The standard InChI is InChI=1S/C10H7ClF3NO3/c11-5-3-6(15-9(16)10(12,13)14)8-7(4-5)17-1-2-18-8/h3-4H,1-2H2,(H,15,16). The summed E-state index contributed by atoms with van der Waals surface area (Å²) in [6.45, 7) is 0.448. The van der Waals surface area contributed by atoms with Crippen molar-refractivity contribution in [1.29, 1.82) is 0 Å². The lowest BCUT2D eigenvalue weighted by Crippen LogP contribution is -2.30. The van der Waals surface area contributed by atoms with Crippen molar-refractivity contribution in [2.75, 3.05) is 18.5 Å². The summed E-state index contributed by atoms with van der Waals surface area (Å²) < 4.78 is 46.8. The average Bonchev–Trinajstić information content (AvgIpc) is 2.27. The van der Waals surface area contributed by atoms with Crippen LogP contribution in [0.25, 0.3) is 0 Å². The van der Waals surface area contributed by atoms with E-state index >= 15 is 0 Å². The molecule has 0 aromatic heterocycles. The van der Waals surface area contributed by atoms with E-state index in [1.54, 1.807) is 5.32 Å². The average molecular weight is 282 g/mol. The number of fused-ring (bicyclic) bond motifs is 1. The third kappa shape index (κ3) is 2.61. The molecule has 4 nitrogen and oxygen atoms in total. The topological polar surface area (TPSA) is 47.6 Å². The van der Waals surface area contributed by atoms with Crippen molar-refractivity contribution in [2.45, 2.75) is 6.18 Å². The zero-order valence-electron chi connectivity index (χ0n) is 8.81. The van der Waals surface area contributed by atoms with Gasteiger partial charge in [-0.3, -0.25) is 4.79 Å². The molecule has 1 N–H and O–H groups in total. The number of amides is 1. The van der Waals surface area contributed by atoms with Gasteiger partial charge in [-0.1, -0.05) is 11.6 Å².